The van der Waals surface area contributed by atoms with Crippen molar-refractivity contribution in [3.63, 3.8) is 0 Å². The van der Waals surface area contributed by atoms with E-state index in [4.69, 9.17) is 4.74 Å². The fourth-order valence-electron chi connectivity index (χ4n) is 4.15. The maximum absolute atomic E-state index is 12.8. The van der Waals surface area contributed by atoms with Crippen molar-refractivity contribution in [3.8, 4) is 0 Å². The molecule has 3 amide bonds. The third-order valence-electron chi connectivity index (χ3n) is 5.74. The monoisotopic (exact) mass is 373 g/mol. The van der Waals surface area contributed by atoms with Crippen LogP contribution in [0.2, 0.25) is 0 Å². The molecule has 1 saturated heterocycles. The summed E-state index contributed by atoms with van der Waals surface area (Å²) in [7, 11) is 1.70. The molecule has 2 aliphatic rings. The van der Waals surface area contributed by atoms with Crippen molar-refractivity contribution in [3.05, 3.63) is 35.9 Å². The number of carbonyl (C=O) groups is 2. The van der Waals surface area contributed by atoms with Gasteiger partial charge in [-0.1, -0.05) is 43.2 Å². The highest BCUT2D eigenvalue weighted by Crippen LogP contribution is 2.34. The van der Waals surface area contributed by atoms with E-state index in [1.807, 2.05) is 6.07 Å². The van der Waals surface area contributed by atoms with Crippen LogP contribution in [0.25, 0.3) is 0 Å². The van der Waals surface area contributed by atoms with Gasteiger partial charge in [0.15, 0.2) is 0 Å². The van der Waals surface area contributed by atoms with Gasteiger partial charge in [0.1, 0.15) is 5.54 Å². The average Bonchev–Trinajstić information content (AvgIpc) is 3.24. The maximum Gasteiger partial charge on any atom is 0.325 e. The van der Waals surface area contributed by atoms with Gasteiger partial charge >= 0.3 is 6.03 Å². The second kappa shape index (κ2) is 9.33. The molecule has 27 heavy (non-hydrogen) atoms. The van der Waals surface area contributed by atoms with Crippen LogP contribution < -0.4 is 5.32 Å². The van der Waals surface area contributed by atoms with Gasteiger partial charge in [-0.25, -0.2) is 4.79 Å². The van der Waals surface area contributed by atoms with Gasteiger partial charge < -0.3 is 10.1 Å². The molecule has 6 heteroatoms. The number of nitrogens with one attached hydrogen (secondary N) is 1. The maximum atomic E-state index is 12.8. The van der Waals surface area contributed by atoms with Gasteiger partial charge in [-0.3, -0.25) is 14.6 Å². The van der Waals surface area contributed by atoms with Crippen molar-refractivity contribution in [2.24, 2.45) is 0 Å². The van der Waals surface area contributed by atoms with Gasteiger partial charge in [0.2, 0.25) is 0 Å². The first-order valence-corrected chi connectivity index (χ1v) is 10.0. The van der Waals surface area contributed by atoms with Gasteiger partial charge in [-0.15, -0.1) is 0 Å². The van der Waals surface area contributed by atoms with E-state index in [1.54, 1.807) is 7.11 Å². The number of ether oxygens (including phenoxy) is 1. The van der Waals surface area contributed by atoms with Crippen molar-refractivity contribution in [1.82, 2.24) is 15.1 Å². The molecule has 1 aliphatic heterocycles. The fourth-order valence-corrected chi connectivity index (χ4v) is 4.15. The molecule has 148 valence electrons. The molecule has 1 saturated carbocycles. The minimum absolute atomic E-state index is 0.0269. The van der Waals surface area contributed by atoms with Crippen molar-refractivity contribution >= 4 is 11.9 Å². The summed E-state index contributed by atoms with van der Waals surface area (Å²) in [6, 6.07) is 10.2. The van der Waals surface area contributed by atoms with E-state index < -0.39 is 5.54 Å². The molecule has 1 aromatic carbocycles. The molecule has 6 nitrogen and oxygen atoms in total. The third kappa shape index (κ3) is 4.87. The quantitative estimate of drug-likeness (QED) is 0.640. The summed E-state index contributed by atoms with van der Waals surface area (Å²) >= 11 is 0. The number of carbonyl (C=O) groups excluding carboxylic acids is 2. The first-order valence-electron chi connectivity index (χ1n) is 10.0. The van der Waals surface area contributed by atoms with Crippen molar-refractivity contribution in [2.75, 3.05) is 39.9 Å². The molecule has 2 fully saturated rings. The van der Waals surface area contributed by atoms with E-state index in [2.05, 4.69) is 34.5 Å². The topological polar surface area (TPSA) is 61.9 Å². The lowest BCUT2D eigenvalue weighted by atomic mass is 9.98. The lowest BCUT2D eigenvalue weighted by Gasteiger charge is -2.25. The molecule has 1 N–H and O–H groups in total. The van der Waals surface area contributed by atoms with Gasteiger partial charge in [0.05, 0.1) is 6.61 Å². The number of amides is 3. The van der Waals surface area contributed by atoms with Crippen LogP contribution >= 0.6 is 0 Å². The lowest BCUT2D eigenvalue weighted by Crippen LogP contribution is -2.45. The molecule has 0 atom stereocenters. The summed E-state index contributed by atoms with van der Waals surface area (Å²) in [4.78, 5) is 28.8. The smallest absolute Gasteiger partial charge is 0.325 e. The molecule has 1 aromatic rings. The molecular weight excluding hydrogens is 342 g/mol. The van der Waals surface area contributed by atoms with Crippen LogP contribution in [0.1, 0.15) is 37.7 Å². The zero-order chi connectivity index (χ0) is 19.1. The number of rotatable bonds is 10. The van der Waals surface area contributed by atoms with Crippen LogP contribution in [0, 0.1) is 0 Å². The Morgan fingerprint density at radius 2 is 1.85 bits per heavy atom. The third-order valence-corrected chi connectivity index (χ3v) is 5.74. The van der Waals surface area contributed by atoms with Gasteiger partial charge in [0.25, 0.3) is 5.91 Å². The minimum Gasteiger partial charge on any atom is -0.383 e. The van der Waals surface area contributed by atoms with Crippen LogP contribution in [0.5, 0.6) is 0 Å². The molecule has 1 heterocycles. The Morgan fingerprint density at radius 3 is 2.56 bits per heavy atom. The summed E-state index contributed by atoms with van der Waals surface area (Å²) in [5.41, 5.74) is 0.725. The Labute approximate surface area is 161 Å². The number of methoxy groups -OCH3 is 1. The molecule has 1 spiro atoms. The highest BCUT2D eigenvalue weighted by atomic mass is 16.5. The predicted molar refractivity (Wildman–Crippen MR) is 105 cm³/mol. The molecule has 0 aromatic heterocycles. The number of aryl methyl sites for hydroxylation is 1. The van der Waals surface area contributed by atoms with Crippen LogP contribution in [0.15, 0.2) is 30.3 Å². The lowest BCUT2D eigenvalue weighted by molar-refractivity contribution is -0.131. The van der Waals surface area contributed by atoms with Crippen LogP contribution in [0.4, 0.5) is 4.79 Å². The number of hydrogen-bond acceptors (Lipinski definition) is 4. The normalized spacial score (nSPS) is 18.7. The SMILES string of the molecule is COCCN(CCCc1ccccc1)CCN1C(=O)NC2(CCCC2)C1=O. The van der Waals surface area contributed by atoms with Crippen molar-refractivity contribution in [1.29, 1.82) is 0 Å². The standard InChI is InChI=1S/C21H31N3O3/c1-27-17-16-23(13-7-10-18-8-3-2-4-9-18)14-15-24-19(25)21(22-20(24)26)11-5-6-12-21/h2-4,8-9H,5-7,10-17H2,1H3,(H,22,26). The van der Waals surface area contributed by atoms with Crippen molar-refractivity contribution < 1.29 is 14.3 Å². The number of urea groups is 1. The van der Waals surface area contributed by atoms with Gasteiger partial charge in [0, 0.05) is 26.7 Å². The number of hydrogen-bond donors (Lipinski definition) is 1. The van der Waals surface area contributed by atoms with E-state index in [0.717, 1.165) is 51.6 Å². The number of imide groups is 1. The van der Waals surface area contributed by atoms with Crippen LogP contribution in [-0.2, 0) is 16.0 Å². The zero-order valence-electron chi connectivity index (χ0n) is 16.3. The second-order valence-corrected chi connectivity index (χ2v) is 7.60. The van der Waals surface area contributed by atoms with Crippen LogP contribution in [0.3, 0.4) is 0 Å². The van der Waals surface area contributed by atoms with Gasteiger partial charge in [-0.2, -0.15) is 0 Å². The van der Waals surface area contributed by atoms with Crippen LogP contribution in [-0.4, -0.2) is 67.2 Å². The first kappa shape index (κ1) is 19.8. The number of nitrogens with zero attached hydrogens (tertiary/aromatic N) is 2. The molecule has 1 aliphatic carbocycles. The summed E-state index contributed by atoms with van der Waals surface area (Å²) in [6.07, 6.45) is 5.64. The summed E-state index contributed by atoms with van der Waals surface area (Å²) in [5, 5.41) is 2.95. The molecular formula is C21H31N3O3. The molecule has 0 unspecified atom stereocenters. The van der Waals surface area contributed by atoms with E-state index in [0.29, 0.717) is 19.7 Å². The largest absolute Gasteiger partial charge is 0.383 e. The molecule has 0 radical (unpaired) electrons. The summed E-state index contributed by atoms with van der Waals surface area (Å²) < 4.78 is 5.23. The fraction of sp³-hybridized carbons (Fsp3) is 0.619. The van der Waals surface area contributed by atoms with E-state index in [9.17, 15) is 9.59 Å². The molecule has 3 rings (SSSR count). The summed E-state index contributed by atoms with van der Waals surface area (Å²) in [5.74, 6) is -0.0269. The van der Waals surface area contributed by atoms with Crippen molar-refractivity contribution in [2.45, 2.75) is 44.1 Å². The average molecular weight is 373 g/mol. The van der Waals surface area contributed by atoms with Gasteiger partial charge in [-0.05, 0) is 37.8 Å². The van der Waals surface area contributed by atoms with E-state index in [1.165, 1.54) is 10.5 Å². The highest BCUT2D eigenvalue weighted by Gasteiger charge is 2.52. The minimum atomic E-state index is -0.609. The zero-order valence-corrected chi connectivity index (χ0v) is 16.3. The molecule has 0 bridgehead atoms. The Morgan fingerprint density at radius 1 is 1.11 bits per heavy atom. The van der Waals surface area contributed by atoms with E-state index in [-0.39, 0.29) is 11.9 Å². The Kier molecular flexibility index (Phi) is 6.85. The second-order valence-electron chi connectivity index (χ2n) is 7.60. The first-order chi connectivity index (χ1) is 13.1. The number of benzene rings is 1. The Bertz CT molecular complexity index is 629. The highest BCUT2D eigenvalue weighted by molar-refractivity contribution is 6.07. The predicted octanol–water partition coefficient (Wildman–Crippen LogP) is 2.43. The summed E-state index contributed by atoms with van der Waals surface area (Å²) in [6.45, 7) is 3.51. The Balaban J connectivity index is 1.50. The van der Waals surface area contributed by atoms with E-state index >= 15 is 0 Å². The Hall–Kier alpha value is -1.92.